The Labute approximate surface area is 156 Å². The quantitative estimate of drug-likeness (QED) is 0.567. The molecular weight excluding hydrogens is 354 g/mol. The van der Waals surface area contributed by atoms with Crippen LogP contribution in [0.1, 0.15) is 22.2 Å². The normalized spacial score (nSPS) is 10.6. The number of nitrogens with one attached hydrogen (secondary N) is 1. The van der Waals surface area contributed by atoms with E-state index in [2.05, 4.69) is 10.5 Å². The predicted octanol–water partition coefficient (Wildman–Crippen LogP) is 2.38. The van der Waals surface area contributed by atoms with Crippen molar-refractivity contribution in [2.24, 2.45) is 5.10 Å². The van der Waals surface area contributed by atoms with Gasteiger partial charge in [0.25, 0.3) is 11.8 Å². The van der Waals surface area contributed by atoms with Crippen molar-refractivity contribution in [3.63, 3.8) is 0 Å². The van der Waals surface area contributed by atoms with Gasteiger partial charge in [-0.15, -0.1) is 11.3 Å². The Hall–Kier alpha value is -2.87. The number of hydrazone groups is 1. The number of likely N-dealkylation sites (N-methyl/N-ethyl adjacent to an activating group) is 1. The standard InChI is InChI=1S/C18H21N3O4S/c1-4-24-15-10-13(7-8-14(15)25-12-17(22)21(2)3)11-19-20-18(23)16-6-5-9-26-16/h5-11H,4,12H2,1-3H3,(H,20,23)/b19-11+. The molecule has 0 fully saturated rings. The van der Waals surface area contributed by atoms with Crippen molar-refractivity contribution >= 4 is 29.4 Å². The number of nitrogens with zero attached hydrogens (tertiary/aromatic N) is 2. The molecule has 1 aromatic heterocycles. The summed E-state index contributed by atoms with van der Waals surface area (Å²) in [5, 5.41) is 5.78. The summed E-state index contributed by atoms with van der Waals surface area (Å²) in [5.41, 5.74) is 3.20. The fourth-order valence-corrected chi connectivity index (χ4v) is 2.50. The average molecular weight is 375 g/mol. The molecule has 0 saturated heterocycles. The number of carbonyl (C=O) groups is 2. The van der Waals surface area contributed by atoms with Gasteiger partial charge in [-0.2, -0.15) is 5.10 Å². The molecule has 0 bridgehead atoms. The first-order valence-corrected chi connectivity index (χ1v) is 8.86. The molecule has 0 saturated carbocycles. The summed E-state index contributed by atoms with van der Waals surface area (Å²) in [6.07, 6.45) is 1.52. The van der Waals surface area contributed by atoms with Gasteiger partial charge in [-0.3, -0.25) is 9.59 Å². The van der Waals surface area contributed by atoms with Gasteiger partial charge in [-0.05, 0) is 42.1 Å². The second-order valence-electron chi connectivity index (χ2n) is 5.39. The van der Waals surface area contributed by atoms with E-state index < -0.39 is 0 Å². The Kier molecular flexibility index (Phi) is 7.16. The molecule has 1 N–H and O–H groups in total. The zero-order valence-electron chi connectivity index (χ0n) is 14.9. The van der Waals surface area contributed by atoms with Gasteiger partial charge in [-0.25, -0.2) is 5.43 Å². The van der Waals surface area contributed by atoms with Gasteiger partial charge >= 0.3 is 0 Å². The molecule has 0 aliphatic carbocycles. The zero-order chi connectivity index (χ0) is 18.9. The van der Waals surface area contributed by atoms with Crippen LogP contribution in [0.3, 0.4) is 0 Å². The van der Waals surface area contributed by atoms with Gasteiger partial charge in [0.1, 0.15) is 0 Å². The minimum Gasteiger partial charge on any atom is -0.490 e. The maximum Gasteiger partial charge on any atom is 0.281 e. The van der Waals surface area contributed by atoms with Crippen LogP contribution in [0.25, 0.3) is 0 Å². The van der Waals surface area contributed by atoms with E-state index in [0.29, 0.717) is 23.0 Å². The lowest BCUT2D eigenvalue weighted by Gasteiger charge is -2.14. The summed E-state index contributed by atoms with van der Waals surface area (Å²) in [4.78, 5) is 25.5. The molecule has 2 amide bonds. The summed E-state index contributed by atoms with van der Waals surface area (Å²) in [6.45, 7) is 2.24. The number of rotatable bonds is 8. The highest BCUT2D eigenvalue weighted by Gasteiger charge is 2.10. The molecule has 0 unspecified atom stereocenters. The van der Waals surface area contributed by atoms with Crippen LogP contribution in [0.5, 0.6) is 11.5 Å². The van der Waals surface area contributed by atoms with E-state index in [-0.39, 0.29) is 18.4 Å². The highest BCUT2D eigenvalue weighted by molar-refractivity contribution is 7.12. The van der Waals surface area contributed by atoms with E-state index in [4.69, 9.17) is 9.47 Å². The van der Waals surface area contributed by atoms with E-state index in [0.717, 1.165) is 5.56 Å². The van der Waals surface area contributed by atoms with E-state index in [1.165, 1.54) is 22.5 Å². The number of hydrogen-bond acceptors (Lipinski definition) is 6. The van der Waals surface area contributed by atoms with Crippen molar-refractivity contribution in [2.75, 3.05) is 27.3 Å². The van der Waals surface area contributed by atoms with Crippen LogP contribution < -0.4 is 14.9 Å². The van der Waals surface area contributed by atoms with Crippen LogP contribution >= 0.6 is 11.3 Å². The number of hydrogen-bond donors (Lipinski definition) is 1. The second-order valence-corrected chi connectivity index (χ2v) is 6.34. The fraction of sp³-hybridized carbons (Fsp3) is 0.278. The Morgan fingerprint density at radius 1 is 1.23 bits per heavy atom. The zero-order valence-corrected chi connectivity index (χ0v) is 15.7. The molecule has 1 heterocycles. The summed E-state index contributed by atoms with van der Waals surface area (Å²) in [6, 6.07) is 8.73. The van der Waals surface area contributed by atoms with Crippen LogP contribution in [0.15, 0.2) is 40.8 Å². The SMILES string of the molecule is CCOc1cc(/C=N/NC(=O)c2cccs2)ccc1OCC(=O)N(C)C. The highest BCUT2D eigenvalue weighted by Crippen LogP contribution is 2.28. The summed E-state index contributed by atoms with van der Waals surface area (Å²) in [7, 11) is 3.33. The third kappa shape index (κ3) is 5.59. The van der Waals surface area contributed by atoms with Crippen LogP contribution in [0.4, 0.5) is 0 Å². The molecular formula is C18H21N3O4S. The molecule has 1 aromatic carbocycles. The van der Waals surface area contributed by atoms with E-state index in [9.17, 15) is 9.59 Å². The molecule has 26 heavy (non-hydrogen) atoms. The van der Waals surface area contributed by atoms with Gasteiger partial charge in [0.15, 0.2) is 18.1 Å². The number of carbonyl (C=O) groups excluding carboxylic acids is 2. The summed E-state index contributed by atoms with van der Waals surface area (Å²) >= 11 is 1.34. The third-order valence-corrected chi connectivity index (χ3v) is 4.11. The van der Waals surface area contributed by atoms with Crippen LogP contribution in [-0.4, -0.2) is 50.2 Å². The number of benzene rings is 1. The summed E-state index contributed by atoms with van der Waals surface area (Å²) < 4.78 is 11.1. The third-order valence-electron chi connectivity index (χ3n) is 3.24. The molecule has 2 rings (SSSR count). The largest absolute Gasteiger partial charge is 0.490 e. The molecule has 0 atom stereocenters. The molecule has 0 spiro atoms. The van der Waals surface area contributed by atoms with Crippen molar-refractivity contribution in [3.05, 3.63) is 46.2 Å². The molecule has 0 radical (unpaired) electrons. The maximum atomic E-state index is 11.8. The molecule has 0 aliphatic rings. The summed E-state index contributed by atoms with van der Waals surface area (Å²) in [5.74, 6) is 0.576. The molecule has 2 aromatic rings. The molecule has 0 aliphatic heterocycles. The van der Waals surface area contributed by atoms with Crippen molar-refractivity contribution in [3.8, 4) is 11.5 Å². The van der Waals surface area contributed by atoms with Crippen molar-refractivity contribution < 1.29 is 19.1 Å². The van der Waals surface area contributed by atoms with Crippen molar-refractivity contribution in [1.29, 1.82) is 0 Å². The maximum absolute atomic E-state index is 11.8. The lowest BCUT2D eigenvalue weighted by molar-refractivity contribution is -0.130. The van der Waals surface area contributed by atoms with Gasteiger partial charge in [0.2, 0.25) is 0 Å². The number of ether oxygens (including phenoxy) is 2. The number of thiophene rings is 1. The van der Waals surface area contributed by atoms with Gasteiger partial charge < -0.3 is 14.4 Å². The lowest BCUT2D eigenvalue weighted by Crippen LogP contribution is -2.27. The van der Waals surface area contributed by atoms with Crippen LogP contribution in [0.2, 0.25) is 0 Å². The van der Waals surface area contributed by atoms with Gasteiger partial charge in [0, 0.05) is 14.1 Å². The van der Waals surface area contributed by atoms with E-state index >= 15 is 0 Å². The predicted molar refractivity (Wildman–Crippen MR) is 101 cm³/mol. The second kappa shape index (κ2) is 9.57. The van der Waals surface area contributed by atoms with Crippen molar-refractivity contribution in [2.45, 2.75) is 6.92 Å². The Morgan fingerprint density at radius 3 is 2.69 bits per heavy atom. The Bertz CT molecular complexity index is 773. The monoisotopic (exact) mass is 375 g/mol. The first-order chi connectivity index (χ1) is 12.5. The Morgan fingerprint density at radius 2 is 2.04 bits per heavy atom. The topological polar surface area (TPSA) is 80.2 Å². The Balaban J connectivity index is 2.03. The first-order valence-electron chi connectivity index (χ1n) is 7.98. The molecule has 138 valence electrons. The van der Waals surface area contributed by atoms with E-state index in [1.807, 2.05) is 12.3 Å². The van der Waals surface area contributed by atoms with Crippen molar-refractivity contribution in [1.82, 2.24) is 10.3 Å². The lowest BCUT2D eigenvalue weighted by atomic mass is 10.2. The smallest absolute Gasteiger partial charge is 0.281 e. The first kappa shape index (κ1) is 19.5. The van der Waals surface area contributed by atoms with Crippen LogP contribution in [-0.2, 0) is 4.79 Å². The fourth-order valence-electron chi connectivity index (χ4n) is 1.89. The molecule has 7 nitrogen and oxygen atoms in total. The number of amides is 2. The van der Waals surface area contributed by atoms with E-state index in [1.54, 1.807) is 44.4 Å². The molecule has 8 heteroatoms. The minimum absolute atomic E-state index is 0.0720. The van der Waals surface area contributed by atoms with Gasteiger partial charge in [-0.1, -0.05) is 6.07 Å². The van der Waals surface area contributed by atoms with Crippen LogP contribution in [0, 0.1) is 0 Å². The minimum atomic E-state index is -0.261. The highest BCUT2D eigenvalue weighted by atomic mass is 32.1. The van der Waals surface area contributed by atoms with Gasteiger partial charge in [0.05, 0.1) is 17.7 Å². The average Bonchev–Trinajstić information content (AvgIpc) is 3.15.